The zero-order valence-electron chi connectivity index (χ0n) is 14.7. The highest BCUT2D eigenvalue weighted by Gasteiger charge is 2.37. The third-order valence-corrected chi connectivity index (χ3v) is 5.64. The van der Waals surface area contributed by atoms with Gasteiger partial charge in [0.25, 0.3) is 0 Å². The Balaban J connectivity index is 1.81. The summed E-state index contributed by atoms with van der Waals surface area (Å²) in [5.74, 6) is 1.41. The predicted octanol–water partition coefficient (Wildman–Crippen LogP) is 3.33. The van der Waals surface area contributed by atoms with Crippen molar-refractivity contribution in [1.82, 2.24) is 4.90 Å². The van der Waals surface area contributed by atoms with E-state index in [1.54, 1.807) is 26.4 Å². The Hall–Kier alpha value is -2.40. The number of hydrogen-bond donors (Lipinski definition) is 2. The first-order valence-corrected chi connectivity index (χ1v) is 8.58. The first-order valence-electron chi connectivity index (χ1n) is 8.58. The number of phenols is 2. The molecule has 132 valence electrons. The van der Waals surface area contributed by atoms with Gasteiger partial charge in [-0.1, -0.05) is 0 Å². The number of aromatic hydroxyl groups is 2. The number of rotatable bonds is 2. The molecule has 0 saturated heterocycles. The van der Waals surface area contributed by atoms with E-state index in [0.29, 0.717) is 0 Å². The van der Waals surface area contributed by atoms with Crippen LogP contribution >= 0.6 is 0 Å². The fourth-order valence-corrected chi connectivity index (χ4v) is 4.33. The zero-order valence-corrected chi connectivity index (χ0v) is 14.7. The molecular weight excluding hydrogens is 318 g/mol. The van der Waals surface area contributed by atoms with Crippen LogP contribution in [-0.2, 0) is 12.8 Å². The molecule has 0 radical (unpaired) electrons. The normalized spacial score (nSPS) is 21.9. The van der Waals surface area contributed by atoms with E-state index in [1.807, 2.05) is 0 Å². The highest BCUT2D eigenvalue weighted by molar-refractivity contribution is 5.53. The minimum atomic E-state index is -0.0497. The summed E-state index contributed by atoms with van der Waals surface area (Å²) in [4.78, 5) is 2.47. The van der Waals surface area contributed by atoms with Gasteiger partial charge < -0.3 is 19.7 Å². The fraction of sp³-hybridized carbons (Fsp3) is 0.400. The SMILES string of the molecule is COc1cc2c(cc1OC)[C@@H](C)N1CCc3cc(O)c(O)cc3[C@H]1C2. The number of nitrogens with zero attached hydrogens (tertiary/aromatic N) is 1. The molecule has 2 atom stereocenters. The van der Waals surface area contributed by atoms with E-state index in [0.717, 1.165) is 42.0 Å². The molecule has 0 aromatic heterocycles. The van der Waals surface area contributed by atoms with Gasteiger partial charge in [0.2, 0.25) is 0 Å². The lowest BCUT2D eigenvalue weighted by atomic mass is 9.81. The van der Waals surface area contributed by atoms with E-state index < -0.39 is 0 Å². The van der Waals surface area contributed by atoms with Crippen molar-refractivity contribution in [3.8, 4) is 23.0 Å². The number of hydrogen-bond acceptors (Lipinski definition) is 5. The van der Waals surface area contributed by atoms with Crippen LogP contribution in [0.25, 0.3) is 0 Å². The highest BCUT2D eigenvalue weighted by atomic mass is 16.5. The summed E-state index contributed by atoms with van der Waals surface area (Å²) < 4.78 is 10.9. The van der Waals surface area contributed by atoms with Gasteiger partial charge in [-0.3, -0.25) is 4.90 Å². The molecule has 0 fully saturated rings. The van der Waals surface area contributed by atoms with E-state index in [-0.39, 0.29) is 23.6 Å². The number of fused-ring (bicyclic) bond motifs is 4. The van der Waals surface area contributed by atoms with Crippen molar-refractivity contribution in [3.63, 3.8) is 0 Å². The second-order valence-electron chi connectivity index (χ2n) is 6.83. The van der Waals surface area contributed by atoms with Crippen LogP contribution in [0.4, 0.5) is 0 Å². The zero-order chi connectivity index (χ0) is 17.7. The molecule has 0 amide bonds. The lowest BCUT2D eigenvalue weighted by molar-refractivity contribution is 0.117. The van der Waals surface area contributed by atoms with Crippen molar-refractivity contribution in [2.24, 2.45) is 0 Å². The highest BCUT2D eigenvalue weighted by Crippen LogP contribution is 2.47. The first kappa shape index (κ1) is 16.1. The van der Waals surface area contributed by atoms with Crippen molar-refractivity contribution in [2.75, 3.05) is 20.8 Å². The van der Waals surface area contributed by atoms with Crippen LogP contribution < -0.4 is 9.47 Å². The molecule has 25 heavy (non-hydrogen) atoms. The second kappa shape index (κ2) is 5.85. The molecule has 0 unspecified atom stereocenters. The summed E-state index contributed by atoms with van der Waals surface area (Å²) in [5, 5.41) is 19.8. The van der Waals surface area contributed by atoms with Gasteiger partial charge in [0.05, 0.1) is 14.2 Å². The van der Waals surface area contributed by atoms with Gasteiger partial charge in [-0.15, -0.1) is 0 Å². The van der Waals surface area contributed by atoms with Crippen molar-refractivity contribution in [1.29, 1.82) is 0 Å². The van der Waals surface area contributed by atoms with E-state index in [1.165, 1.54) is 11.1 Å². The van der Waals surface area contributed by atoms with Crippen molar-refractivity contribution < 1.29 is 19.7 Å². The van der Waals surface area contributed by atoms with Gasteiger partial charge in [-0.2, -0.15) is 0 Å². The summed E-state index contributed by atoms with van der Waals surface area (Å²) in [6.07, 6.45) is 1.71. The predicted molar refractivity (Wildman–Crippen MR) is 94.6 cm³/mol. The van der Waals surface area contributed by atoms with Crippen LogP contribution in [0.3, 0.4) is 0 Å². The van der Waals surface area contributed by atoms with Crippen LogP contribution in [-0.4, -0.2) is 35.9 Å². The van der Waals surface area contributed by atoms with Crippen LogP contribution in [0.2, 0.25) is 0 Å². The van der Waals surface area contributed by atoms with E-state index in [2.05, 4.69) is 24.0 Å². The Morgan fingerprint density at radius 2 is 1.60 bits per heavy atom. The fourth-order valence-electron chi connectivity index (χ4n) is 4.33. The van der Waals surface area contributed by atoms with Crippen LogP contribution in [0.1, 0.15) is 41.3 Å². The smallest absolute Gasteiger partial charge is 0.161 e. The quantitative estimate of drug-likeness (QED) is 0.821. The molecule has 0 saturated carbocycles. The molecular formula is C20H23NO4. The summed E-state index contributed by atoms with van der Waals surface area (Å²) >= 11 is 0. The summed E-state index contributed by atoms with van der Waals surface area (Å²) in [6.45, 7) is 3.14. The summed E-state index contributed by atoms with van der Waals surface area (Å²) in [6, 6.07) is 8.01. The topological polar surface area (TPSA) is 62.2 Å². The van der Waals surface area contributed by atoms with E-state index in [4.69, 9.17) is 9.47 Å². The Bertz CT molecular complexity index is 833. The van der Waals surface area contributed by atoms with E-state index >= 15 is 0 Å². The molecule has 2 aliphatic rings. The third-order valence-electron chi connectivity index (χ3n) is 5.64. The molecule has 5 heteroatoms. The summed E-state index contributed by atoms with van der Waals surface area (Å²) in [5.41, 5.74) is 4.73. The van der Waals surface area contributed by atoms with Gasteiger partial charge in [0.15, 0.2) is 23.0 Å². The molecule has 0 aliphatic carbocycles. The molecule has 5 nitrogen and oxygen atoms in total. The molecule has 2 aromatic rings. The Morgan fingerprint density at radius 1 is 0.920 bits per heavy atom. The third kappa shape index (κ3) is 2.42. The molecule has 2 aromatic carbocycles. The lowest BCUT2D eigenvalue weighted by Crippen LogP contribution is -2.41. The second-order valence-corrected chi connectivity index (χ2v) is 6.83. The van der Waals surface area contributed by atoms with Crippen LogP contribution in [0, 0.1) is 0 Å². The number of benzene rings is 2. The monoisotopic (exact) mass is 341 g/mol. The largest absolute Gasteiger partial charge is 0.504 e. The van der Waals surface area contributed by atoms with Crippen molar-refractivity contribution in [3.05, 3.63) is 46.5 Å². The number of ether oxygens (including phenoxy) is 2. The van der Waals surface area contributed by atoms with Gasteiger partial charge in [-0.05, 0) is 66.3 Å². The number of methoxy groups -OCH3 is 2. The average molecular weight is 341 g/mol. The van der Waals surface area contributed by atoms with Gasteiger partial charge in [-0.25, -0.2) is 0 Å². The van der Waals surface area contributed by atoms with Gasteiger partial charge in [0, 0.05) is 18.6 Å². The molecule has 0 bridgehead atoms. The molecule has 2 aliphatic heterocycles. The standard InChI is InChI=1S/C20H23NO4/c1-11-14-10-20(25-3)19(24-2)8-13(14)6-16-15-9-18(23)17(22)7-12(15)4-5-21(11)16/h7-11,16,22-23H,4-6H2,1-3H3/t11-,16-/m1/s1. The van der Waals surface area contributed by atoms with Crippen molar-refractivity contribution in [2.45, 2.75) is 31.8 Å². The molecule has 4 rings (SSSR count). The van der Waals surface area contributed by atoms with Gasteiger partial charge in [0.1, 0.15) is 0 Å². The Labute approximate surface area is 147 Å². The van der Waals surface area contributed by atoms with Crippen LogP contribution in [0.5, 0.6) is 23.0 Å². The number of phenolic OH excluding ortho intramolecular Hbond substituents is 2. The molecule has 2 N–H and O–H groups in total. The Morgan fingerprint density at radius 3 is 2.32 bits per heavy atom. The van der Waals surface area contributed by atoms with Crippen molar-refractivity contribution >= 4 is 0 Å². The summed E-state index contributed by atoms with van der Waals surface area (Å²) in [7, 11) is 3.31. The minimum Gasteiger partial charge on any atom is -0.504 e. The first-order chi connectivity index (χ1) is 12.0. The Kier molecular flexibility index (Phi) is 3.76. The lowest BCUT2D eigenvalue weighted by Gasteiger charge is -2.45. The molecule has 2 heterocycles. The van der Waals surface area contributed by atoms with Gasteiger partial charge >= 0.3 is 0 Å². The van der Waals surface area contributed by atoms with E-state index in [9.17, 15) is 10.2 Å². The maximum absolute atomic E-state index is 9.97. The maximum Gasteiger partial charge on any atom is 0.161 e. The van der Waals surface area contributed by atoms with Crippen LogP contribution in [0.15, 0.2) is 24.3 Å². The molecule has 0 spiro atoms. The average Bonchev–Trinajstić information content (AvgIpc) is 2.62. The maximum atomic E-state index is 9.97. The minimum absolute atomic E-state index is 0.0390.